The SMILES string of the molecule is CCOc1ccc(N2CC(C(=O)N(CCOC)Cc3nc4ccccc4c(=O)[nH]3)CC2=O)cc1. The zero-order valence-corrected chi connectivity index (χ0v) is 19.3. The lowest BCUT2D eigenvalue weighted by Crippen LogP contribution is -2.39. The van der Waals surface area contributed by atoms with E-state index >= 15 is 0 Å². The maximum absolute atomic E-state index is 13.4. The molecule has 0 radical (unpaired) electrons. The van der Waals surface area contributed by atoms with Gasteiger partial charge in [0.05, 0.1) is 36.6 Å². The fourth-order valence-electron chi connectivity index (χ4n) is 4.13. The molecule has 4 rings (SSSR count). The van der Waals surface area contributed by atoms with E-state index in [1.165, 1.54) is 0 Å². The van der Waals surface area contributed by atoms with Crippen molar-refractivity contribution in [1.29, 1.82) is 0 Å². The molecule has 1 fully saturated rings. The summed E-state index contributed by atoms with van der Waals surface area (Å²) in [6, 6.07) is 14.3. The number of nitrogens with zero attached hydrogens (tertiary/aromatic N) is 3. The number of methoxy groups -OCH3 is 1. The zero-order chi connectivity index (χ0) is 24.1. The first-order valence-corrected chi connectivity index (χ1v) is 11.3. The van der Waals surface area contributed by atoms with Crippen LogP contribution in [0.3, 0.4) is 0 Å². The molecule has 0 bridgehead atoms. The van der Waals surface area contributed by atoms with E-state index < -0.39 is 5.92 Å². The molecule has 0 saturated carbocycles. The standard InChI is InChI=1S/C25H28N4O5/c1-3-34-19-10-8-18(9-11-19)29-15-17(14-23(29)30)25(32)28(12-13-33-2)16-22-26-21-7-5-4-6-20(21)24(31)27-22/h4-11,17H,3,12-16H2,1-2H3,(H,26,27,31). The molecular weight excluding hydrogens is 436 g/mol. The topological polar surface area (TPSA) is 105 Å². The predicted molar refractivity (Wildman–Crippen MR) is 128 cm³/mol. The van der Waals surface area contributed by atoms with E-state index in [1.807, 2.05) is 37.3 Å². The van der Waals surface area contributed by atoms with Gasteiger partial charge < -0.3 is 24.3 Å². The summed E-state index contributed by atoms with van der Waals surface area (Å²) in [5.41, 5.74) is 1.04. The molecule has 0 aliphatic carbocycles. The van der Waals surface area contributed by atoms with Crippen LogP contribution in [0.25, 0.3) is 10.9 Å². The predicted octanol–water partition coefficient (Wildman–Crippen LogP) is 2.35. The van der Waals surface area contributed by atoms with Crippen LogP contribution in [0.2, 0.25) is 0 Å². The molecule has 0 spiro atoms. The van der Waals surface area contributed by atoms with Crippen LogP contribution in [0.4, 0.5) is 5.69 Å². The maximum atomic E-state index is 13.4. The van der Waals surface area contributed by atoms with Gasteiger partial charge in [-0.05, 0) is 43.3 Å². The van der Waals surface area contributed by atoms with Gasteiger partial charge in [0.15, 0.2) is 0 Å². The summed E-state index contributed by atoms with van der Waals surface area (Å²) in [5, 5.41) is 0.494. The number of aromatic nitrogens is 2. The minimum Gasteiger partial charge on any atom is -0.494 e. The average molecular weight is 465 g/mol. The molecule has 9 nitrogen and oxygen atoms in total. The molecule has 1 aliphatic heterocycles. The molecule has 2 aromatic carbocycles. The van der Waals surface area contributed by atoms with Crippen LogP contribution in [0, 0.1) is 5.92 Å². The number of ether oxygens (including phenoxy) is 2. The molecular formula is C25H28N4O5. The Kier molecular flexibility index (Phi) is 7.22. The van der Waals surface area contributed by atoms with E-state index in [0.29, 0.717) is 36.5 Å². The van der Waals surface area contributed by atoms with Crippen molar-refractivity contribution in [2.45, 2.75) is 19.9 Å². The van der Waals surface area contributed by atoms with E-state index in [4.69, 9.17) is 9.47 Å². The van der Waals surface area contributed by atoms with Crippen LogP contribution >= 0.6 is 0 Å². The van der Waals surface area contributed by atoms with Crippen molar-refractivity contribution in [3.63, 3.8) is 0 Å². The summed E-state index contributed by atoms with van der Waals surface area (Å²) in [7, 11) is 1.56. The van der Waals surface area contributed by atoms with Gasteiger partial charge in [-0.1, -0.05) is 12.1 Å². The number of amides is 2. The number of benzene rings is 2. The van der Waals surface area contributed by atoms with Gasteiger partial charge in [-0.15, -0.1) is 0 Å². The first kappa shape index (κ1) is 23.4. The Bertz CT molecular complexity index is 1220. The third-order valence-corrected chi connectivity index (χ3v) is 5.81. The van der Waals surface area contributed by atoms with Crippen LogP contribution in [0.5, 0.6) is 5.75 Å². The quantitative estimate of drug-likeness (QED) is 0.521. The van der Waals surface area contributed by atoms with Gasteiger partial charge in [0, 0.05) is 32.3 Å². The van der Waals surface area contributed by atoms with Crippen molar-refractivity contribution in [3.8, 4) is 5.75 Å². The molecule has 1 aromatic heterocycles. The van der Waals surface area contributed by atoms with Gasteiger partial charge in [0.2, 0.25) is 11.8 Å². The Balaban J connectivity index is 1.51. The number of anilines is 1. The van der Waals surface area contributed by atoms with Crippen molar-refractivity contribution < 1.29 is 19.1 Å². The third kappa shape index (κ3) is 5.09. The maximum Gasteiger partial charge on any atom is 0.258 e. The number of carbonyl (C=O) groups is 2. The highest BCUT2D eigenvalue weighted by Crippen LogP contribution is 2.28. The lowest BCUT2D eigenvalue weighted by Gasteiger charge is -2.25. The molecule has 1 N–H and O–H groups in total. The minimum absolute atomic E-state index is 0.105. The van der Waals surface area contributed by atoms with E-state index in [9.17, 15) is 14.4 Å². The lowest BCUT2D eigenvalue weighted by atomic mass is 10.1. The van der Waals surface area contributed by atoms with Crippen molar-refractivity contribution in [2.24, 2.45) is 5.92 Å². The Morgan fingerprint density at radius 3 is 2.68 bits per heavy atom. The third-order valence-electron chi connectivity index (χ3n) is 5.81. The molecule has 1 saturated heterocycles. The largest absolute Gasteiger partial charge is 0.494 e. The summed E-state index contributed by atoms with van der Waals surface area (Å²) < 4.78 is 10.6. The normalized spacial score (nSPS) is 15.6. The number of fused-ring (bicyclic) bond motifs is 1. The monoisotopic (exact) mass is 464 g/mol. The Hall–Kier alpha value is -3.72. The Morgan fingerprint density at radius 1 is 1.18 bits per heavy atom. The first-order chi connectivity index (χ1) is 16.5. The minimum atomic E-state index is -0.497. The van der Waals surface area contributed by atoms with Crippen molar-refractivity contribution >= 4 is 28.4 Å². The van der Waals surface area contributed by atoms with E-state index in [1.54, 1.807) is 35.1 Å². The number of hydrogen-bond acceptors (Lipinski definition) is 6. The lowest BCUT2D eigenvalue weighted by molar-refractivity contribution is -0.137. The molecule has 2 amide bonds. The molecule has 1 aliphatic rings. The Morgan fingerprint density at radius 2 is 1.94 bits per heavy atom. The molecule has 9 heteroatoms. The highest BCUT2D eigenvalue weighted by atomic mass is 16.5. The number of hydrogen-bond donors (Lipinski definition) is 1. The van der Waals surface area contributed by atoms with Gasteiger partial charge in [-0.25, -0.2) is 4.98 Å². The molecule has 34 heavy (non-hydrogen) atoms. The van der Waals surface area contributed by atoms with Crippen LogP contribution in [-0.2, 0) is 20.9 Å². The summed E-state index contributed by atoms with van der Waals surface area (Å²) in [4.78, 5) is 49.1. The molecule has 178 valence electrons. The highest BCUT2D eigenvalue weighted by molar-refractivity contribution is 6.00. The van der Waals surface area contributed by atoms with E-state index in [0.717, 1.165) is 11.4 Å². The first-order valence-electron chi connectivity index (χ1n) is 11.3. The summed E-state index contributed by atoms with van der Waals surface area (Å²) in [5.74, 6) is 0.346. The molecule has 1 atom stereocenters. The van der Waals surface area contributed by atoms with Crippen LogP contribution < -0.4 is 15.2 Å². The van der Waals surface area contributed by atoms with Gasteiger partial charge in [0.25, 0.3) is 5.56 Å². The fourth-order valence-corrected chi connectivity index (χ4v) is 4.13. The second-order valence-corrected chi connectivity index (χ2v) is 8.11. The van der Waals surface area contributed by atoms with Crippen LogP contribution in [0.15, 0.2) is 53.3 Å². The average Bonchev–Trinajstić information content (AvgIpc) is 3.23. The number of nitrogens with one attached hydrogen (secondary N) is 1. The van der Waals surface area contributed by atoms with Crippen molar-refractivity contribution in [3.05, 3.63) is 64.7 Å². The van der Waals surface area contributed by atoms with E-state index in [-0.39, 0.29) is 36.9 Å². The summed E-state index contributed by atoms with van der Waals surface area (Å²) in [6.45, 7) is 3.53. The highest BCUT2D eigenvalue weighted by Gasteiger charge is 2.37. The summed E-state index contributed by atoms with van der Waals surface area (Å²) in [6.07, 6.45) is 0.122. The van der Waals surface area contributed by atoms with Crippen molar-refractivity contribution in [1.82, 2.24) is 14.9 Å². The number of aromatic amines is 1. The van der Waals surface area contributed by atoms with Gasteiger partial charge in [0.1, 0.15) is 11.6 Å². The second-order valence-electron chi connectivity index (χ2n) is 8.11. The van der Waals surface area contributed by atoms with Gasteiger partial charge >= 0.3 is 0 Å². The van der Waals surface area contributed by atoms with Gasteiger partial charge in [-0.2, -0.15) is 0 Å². The number of rotatable bonds is 9. The zero-order valence-electron chi connectivity index (χ0n) is 19.3. The Labute approximate surface area is 197 Å². The number of carbonyl (C=O) groups excluding carboxylic acids is 2. The van der Waals surface area contributed by atoms with Gasteiger partial charge in [-0.3, -0.25) is 14.4 Å². The summed E-state index contributed by atoms with van der Waals surface area (Å²) >= 11 is 0. The van der Waals surface area contributed by atoms with Crippen molar-refractivity contribution in [2.75, 3.05) is 38.3 Å². The smallest absolute Gasteiger partial charge is 0.258 e. The van der Waals surface area contributed by atoms with Crippen LogP contribution in [0.1, 0.15) is 19.2 Å². The molecule has 3 aromatic rings. The molecule has 2 heterocycles. The van der Waals surface area contributed by atoms with Crippen LogP contribution in [-0.4, -0.2) is 60.1 Å². The fraction of sp³-hybridized carbons (Fsp3) is 0.360. The van der Waals surface area contributed by atoms with E-state index in [2.05, 4.69) is 9.97 Å². The second kappa shape index (κ2) is 10.5. The molecule has 1 unspecified atom stereocenters. The number of H-pyrrole nitrogens is 1. The number of para-hydroxylation sites is 1.